The maximum atomic E-state index is 2.22. The second-order valence-electron chi connectivity index (χ2n) is 4.96. The van der Waals surface area contributed by atoms with E-state index in [1.54, 1.807) is 0 Å². The normalized spacial score (nSPS) is 10.3. The molecule has 0 aromatic heterocycles. The molecule has 0 radical (unpaired) electrons. The summed E-state index contributed by atoms with van der Waals surface area (Å²) in [7, 11) is 0. The summed E-state index contributed by atoms with van der Waals surface area (Å²) in [5.74, 6) is 0. The number of fused-ring (bicyclic) bond motifs is 3. The van der Waals surface area contributed by atoms with E-state index in [-0.39, 0.29) is 7.43 Å². The Kier molecular flexibility index (Phi) is 4.24. The molecule has 3 aromatic rings. The Labute approximate surface area is 122 Å². The van der Waals surface area contributed by atoms with Crippen LogP contribution < -0.4 is 0 Å². The largest absolute Gasteiger partial charge is 0.0776 e. The van der Waals surface area contributed by atoms with Gasteiger partial charge in [-0.25, -0.2) is 0 Å². The van der Waals surface area contributed by atoms with Crippen LogP contribution in [0.2, 0.25) is 0 Å². The van der Waals surface area contributed by atoms with Crippen LogP contribution in [0.5, 0.6) is 0 Å². The predicted molar refractivity (Wildman–Crippen MR) is 91.1 cm³/mol. The Hall–Kier alpha value is -2.08. The van der Waals surface area contributed by atoms with E-state index < -0.39 is 0 Å². The molecule has 0 N–H and O–H groups in total. The SMILES string of the molecule is C.CCC.c1ccc2c(c1)-c1cccc3cccc-2c13. The molecule has 4 rings (SSSR count). The first kappa shape index (κ1) is 14.3. The van der Waals surface area contributed by atoms with Gasteiger partial charge in [-0.15, -0.1) is 0 Å². The molecular weight excluding hydrogens is 240 g/mol. The minimum absolute atomic E-state index is 0. The zero-order chi connectivity index (χ0) is 13.2. The summed E-state index contributed by atoms with van der Waals surface area (Å²) in [6.45, 7) is 4.25. The van der Waals surface area contributed by atoms with Crippen LogP contribution in [0.3, 0.4) is 0 Å². The number of rotatable bonds is 0. The lowest BCUT2D eigenvalue weighted by atomic mass is 10.0. The quantitative estimate of drug-likeness (QED) is 0.337. The Balaban J connectivity index is 0.000000341. The minimum Gasteiger partial charge on any atom is -0.0776 e. The zero-order valence-corrected chi connectivity index (χ0v) is 11.5. The molecule has 0 heterocycles. The molecule has 0 nitrogen and oxygen atoms in total. The molecule has 0 saturated carbocycles. The third kappa shape index (κ3) is 2.12. The third-order valence-electron chi connectivity index (χ3n) is 3.41. The van der Waals surface area contributed by atoms with Gasteiger partial charge in [-0.1, -0.05) is 88.4 Å². The molecule has 0 atom stereocenters. The van der Waals surface area contributed by atoms with Gasteiger partial charge in [0.25, 0.3) is 0 Å². The summed E-state index contributed by atoms with van der Waals surface area (Å²) in [4.78, 5) is 0. The van der Waals surface area contributed by atoms with E-state index >= 15 is 0 Å². The van der Waals surface area contributed by atoms with Gasteiger partial charge in [0.2, 0.25) is 0 Å². The van der Waals surface area contributed by atoms with Gasteiger partial charge in [-0.2, -0.15) is 0 Å². The van der Waals surface area contributed by atoms with Crippen LogP contribution in [0.4, 0.5) is 0 Å². The molecule has 102 valence electrons. The van der Waals surface area contributed by atoms with Gasteiger partial charge in [0, 0.05) is 0 Å². The van der Waals surface area contributed by atoms with Gasteiger partial charge in [0.15, 0.2) is 0 Å². The van der Waals surface area contributed by atoms with E-state index in [2.05, 4.69) is 74.5 Å². The summed E-state index contributed by atoms with van der Waals surface area (Å²) in [6, 6.07) is 21.8. The zero-order valence-electron chi connectivity index (χ0n) is 11.5. The van der Waals surface area contributed by atoms with Crippen molar-refractivity contribution in [3.8, 4) is 22.3 Å². The number of hydrogen-bond donors (Lipinski definition) is 0. The molecular formula is C20H22. The highest BCUT2D eigenvalue weighted by Crippen LogP contribution is 2.46. The highest BCUT2D eigenvalue weighted by molar-refractivity contribution is 6.15. The van der Waals surface area contributed by atoms with Crippen molar-refractivity contribution >= 4 is 10.8 Å². The molecule has 0 saturated heterocycles. The summed E-state index contributed by atoms with van der Waals surface area (Å²) in [5, 5.41) is 2.75. The Bertz CT molecular complexity index is 665. The van der Waals surface area contributed by atoms with Crippen LogP contribution in [0.25, 0.3) is 33.0 Å². The van der Waals surface area contributed by atoms with Crippen molar-refractivity contribution in [2.45, 2.75) is 27.7 Å². The number of benzene rings is 3. The topological polar surface area (TPSA) is 0 Å². The van der Waals surface area contributed by atoms with Gasteiger partial charge in [0.1, 0.15) is 0 Å². The van der Waals surface area contributed by atoms with Crippen molar-refractivity contribution in [3.63, 3.8) is 0 Å². The maximum Gasteiger partial charge on any atom is -0.00264 e. The molecule has 0 aliphatic heterocycles. The molecule has 0 heteroatoms. The van der Waals surface area contributed by atoms with Crippen LogP contribution in [-0.4, -0.2) is 0 Å². The predicted octanol–water partition coefficient (Wildman–Crippen LogP) is 6.54. The average Bonchev–Trinajstić information content (AvgIpc) is 2.78. The van der Waals surface area contributed by atoms with Crippen LogP contribution in [0.15, 0.2) is 60.7 Å². The monoisotopic (exact) mass is 262 g/mol. The van der Waals surface area contributed by atoms with E-state index in [4.69, 9.17) is 0 Å². The van der Waals surface area contributed by atoms with Gasteiger partial charge in [-0.3, -0.25) is 0 Å². The van der Waals surface area contributed by atoms with Crippen LogP contribution in [0, 0.1) is 0 Å². The molecule has 20 heavy (non-hydrogen) atoms. The van der Waals surface area contributed by atoms with Crippen molar-refractivity contribution in [2.24, 2.45) is 0 Å². The van der Waals surface area contributed by atoms with Gasteiger partial charge < -0.3 is 0 Å². The summed E-state index contributed by atoms with van der Waals surface area (Å²) < 4.78 is 0. The molecule has 0 amide bonds. The first-order chi connectivity index (χ1) is 9.36. The molecule has 0 unspecified atom stereocenters. The summed E-state index contributed by atoms with van der Waals surface area (Å²) >= 11 is 0. The van der Waals surface area contributed by atoms with E-state index in [9.17, 15) is 0 Å². The highest BCUT2D eigenvalue weighted by atomic mass is 14.2. The lowest BCUT2D eigenvalue weighted by molar-refractivity contribution is 1.09. The third-order valence-corrected chi connectivity index (χ3v) is 3.41. The van der Waals surface area contributed by atoms with Crippen molar-refractivity contribution in [3.05, 3.63) is 60.7 Å². The molecule has 1 aliphatic rings. The molecule has 1 aliphatic carbocycles. The standard InChI is InChI=1S/C16H10.C3H8.CH4/c1-2-8-13-12(7-1)14-9-3-5-11-6-4-10-15(13)16(11)14;1-3-2;/h1-10H;3H2,1-2H3;1H4. The van der Waals surface area contributed by atoms with E-state index in [1.165, 1.54) is 39.4 Å². The highest BCUT2D eigenvalue weighted by Gasteiger charge is 2.19. The Morgan fingerprint density at radius 3 is 1.45 bits per heavy atom. The van der Waals surface area contributed by atoms with Crippen molar-refractivity contribution < 1.29 is 0 Å². The van der Waals surface area contributed by atoms with E-state index in [0.29, 0.717) is 0 Å². The van der Waals surface area contributed by atoms with Crippen LogP contribution in [0.1, 0.15) is 27.7 Å². The molecule has 0 fully saturated rings. The average molecular weight is 262 g/mol. The summed E-state index contributed by atoms with van der Waals surface area (Å²) in [5.41, 5.74) is 5.50. The van der Waals surface area contributed by atoms with E-state index in [1.807, 2.05) is 0 Å². The second kappa shape index (κ2) is 5.92. The molecule has 3 aromatic carbocycles. The fraction of sp³-hybridized carbons (Fsp3) is 0.200. The van der Waals surface area contributed by atoms with Gasteiger partial charge in [0.05, 0.1) is 0 Å². The van der Waals surface area contributed by atoms with Crippen molar-refractivity contribution in [1.29, 1.82) is 0 Å². The molecule has 0 bridgehead atoms. The lowest BCUT2D eigenvalue weighted by Crippen LogP contribution is -1.73. The van der Waals surface area contributed by atoms with Crippen LogP contribution in [-0.2, 0) is 0 Å². The molecule has 0 spiro atoms. The maximum absolute atomic E-state index is 2.22. The summed E-state index contributed by atoms with van der Waals surface area (Å²) in [6.07, 6.45) is 1.25. The smallest absolute Gasteiger partial charge is 0.00264 e. The van der Waals surface area contributed by atoms with Gasteiger partial charge >= 0.3 is 0 Å². The van der Waals surface area contributed by atoms with Crippen molar-refractivity contribution in [1.82, 2.24) is 0 Å². The van der Waals surface area contributed by atoms with Crippen molar-refractivity contribution in [2.75, 3.05) is 0 Å². The Morgan fingerprint density at radius 2 is 1.00 bits per heavy atom. The number of hydrogen-bond acceptors (Lipinski definition) is 0. The first-order valence-electron chi connectivity index (χ1n) is 6.98. The fourth-order valence-corrected chi connectivity index (χ4v) is 2.74. The minimum atomic E-state index is 0. The fourth-order valence-electron chi connectivity index (χ4n) is 2.74. The second-order valence-corrected chi connectivity index (χ2v) is 4.96. The Morgan fingerprint density at radius 1 is 0.600 bits per heavy atom. The van der Waals surface area contributed by atoms with E-state index in [0.717, 1.165) is 0 Å². The van der Waals surface area contributed by atoms with Crippen LogP contribution >= 0.6 is 0 Å². The first-order valence-corrected chi connectivity index (χ1v) is 6.98. The van der Waals surface area contributed by atoms with Gasteiger partial charge in [-0.05, 0) is 33.0 Å². The lowest BCUT2D eigenvalue weighted by Gasteiger charge is -2.00.